The number of methoxy groups -OCH3 is 1. The summed E-state index contributed by atoms with van der Waals surface area (Å²) in [7, 11) is 1.14. The molecule has 32 heavy (non-hydrogen) atoms. The van der Waals surface area contributed by atoms with Gasteiger partial charge in [0.25, 0.3) is 0 Å². The first-order valence-corrected chi connectivity index (χ1v) is 9.80. The number of aliphatic hydroxyl groups excluding tert-OH is 1. The minimum atomic E-state index is -1.81. The largest absolute Gasteiger partial charge is 0.464 e. The Labute approximate surface area is 186 Å². The molecule has 0 fully saturated rings. The van der Waals surface area contributed by atoms with Gasteiger partial charge in [-0.2, -0.15) is 0 Å². The van der Waals surface area contributed by atoms with Crippen molar-refractivity contribution in [3.8, 4) is 11.3 Å². The summed E-state index contributed by atoms with van der Waals surface area (Å²) in [6, 6.07) is 4.00. The minimum Gasteiger partial charge on any atom is -0.464 e. The van der Waals surface area contributed by atoms with Crippen LogP contribution in [-0.2, 0) is 14.2 Å². The van der Waals surface area contributed by atoms with Gasteiger partial charge < -0.3 is 19.3 Å². The smallest absolute Gasteiger partial charge is 0.418 e. The van der Waals surface area contributed by atoms with E-state index in [0.717, 1.165) is 18.2 Å². The molecule has 0 aliphatic carbocycles. The highest BCUT2D eigenvalue weighted by atomic mass is 19.1. The lowest BCUT2D eigenvalue weighted by Crippen LogP contribution is -2.48. The van der Waals surface area contributed by atoms with Crippen molar-refractivity contribution >= 4 is 17.7 Å². The predicted octanol–water partition coefficient (Wildman–Crippen LogP) is 3.90. The molecule has 174 valence electrons. The van der Waals surface area contributed by atoms with Crippen molar-refractivity contribution in [2.24, 2.45) is 0 Å². The standard InChI is InChI=1S/C22H28FN3O6/c1-21(2,3)31-19(28)26(20(29)32-22(4,5)6)16-9-8-15(25-17(16)18(27)30-7)13-10-14(23)12-24-11-13/h8-12,19,28H,1-7H3. The highest BCUT2D eigenvalue weighted by molar-refractivity contribution is 6.00. The second-order valence-corrected chi connectivity index (χ2v) is 8.85. The summed E-state index contributed by atoms with van der Waals surface area (Å²) >= 11 is 0. The second-order valence-electron chi connectivity index (χ2n) is 8.85. The molecular formula is C22H28FN3O6. The molecular weight excluding hydrogens is 421 g/mol. The van der Waals surface area contributed by atoms with Crippen LogP contribution in [0.25, 0.3) is 11.3 Å². The van der Waals surface area contributed by atoms with E-state index in [2.05, 4.69) is 9.97 Å². The van der Waals surface area contributed by atoms with Crippen LogP contribution in [0, 0.1) is 5.82 Å². The van der Waals surface area contributed by atoms with Gasteiger partial charge in [-0.15, -0.1) is 0 Å². The van der Waals surface area contributed by atoms with E-state index >= 15 is 0 Å². The molecule has 2 rings (SSSR count). The molecule has 2 heterocycles. The summed E-state index contributed by atoms with van der Waals surface area (Å²) in [6.07, 6.45) is -0.378. The van der Waals surface area contributed by atoms with Gasteiger partial charge >= 0.3 is 12.1 Å². The number of carbonyl (C=O) groups is 2. The van der Waals surface area contributed by atoms with E-state index < -0.39 is 35.5 Å². The molecule has 0 aromatic carbocycles. The number of carbonyl (C=O) groups excluding carboxylic acids is 2. The fraction of sp³-hybridized carbons (Fsp3) is 0.455. The molecule has 10 heteroatoms. The van der Waals surface area contributed by atoms with Gasteiger partial charge in [-0.1, -0.05) is 0 Å². The summed E-state index contributed by atoms with van der Waals surface area (Å²) in [6.45, 7) is 10.0. The number of nitrogens with zero attached hydrogens (tertiary/aromatic N) is 3. The number of rotatable bonds is 5. The average Bonchev–Trinajstić information content (AvgIpc) is 2.65. The van der Waals surface area contributed by atoms with E-state index in [0.29, 0.717) is 5.56 Å². The minimum absolute atomic E-state index is 0.115. The first-order valence-electron chi connectivity index (χ1n) is 9.80. The van der Waals surface area contributed by atoms with Crippen molar-refractivity contribution in [2.45, 2.75) is 59.2 Å². The highest BCUT2D eigenvalue weighted by Crippen LogP contribution is 2.29. The third kappa shape index (κ3) is 6.69. The fourth-order valence-electron chi connectivity index (χ4n) is 2.59. The summed E-state index contributed by atoms with van der Waals surface area (Å²) in [5.74, 6) is -1.47. The summed E-state index contributed by atoms with van der Waals surface area (Å²) in [5.41, 5.74) is -1.66. The average molecular weight is 449 g/mol. The predicted molar refractivity (Wildman–Crippen MR) is 114 cm³/mol. The third-order valence-corrected chi connectivity index (χ3v) is 3.78. The van der Waals surface area contributed by atoms with Gasteiger partial charge in [0.05, 0.1) is 30.3 Å². The molecule has 0 spiro atoms. The fourth-order valence-corrected chi connectivity index (χ4v) is 2.59. The molecule has 2 aromatic heterocycles. The lowest BCUT2D eigenvalue weighted by Gasteiger charge is -2.34. The van der Waals surface area contributed by atoms with E-state index in [1.165, 1.54) is 24.4 Å². The zero-order valence-corrected chi connectivity index (χ0v) is 19.2. The van der Waals surface area contributed by atoms with E-state index in [9.17, 15) is 19.1 Å². The molecule has 0 bridgehead atoms. The van der Waals surface area contributed by atoms with Gasteiger partial charge in [0.15, 0.2) is 5.69 Å². The van der Waals surface area contributed by atoms with Crippen LogP contribution in [-0.4, -0.2) is 51.9 Å². The molecule has 1 amide bonds. The van der Waals surface area contributed by atoms with Crippen LogP contribution in [0.2, 0.25) is 0 Å². The lowest BCUT2D eigenvalue weighted by atomic mass is 10.1. The number of ether oxygens (including phenoxy) is 3. The number of aromatic nitrogens is 2. The topological polar surface area (TPSA) is 111 Å². The van der Waals surface area contributed by atoms with Gasteiger partial charge in [-0.05, 0) is 59.7 Å². The van der Waals surface area contributed by atoms with Crippen LogP contribution in [0.15, 0.2) is 30.6 Å². The number of aliphatic hydroxyl groups is 1. The normalized spacial score (nSPS) is 12.8. The Bertz CT molecular complexity index is 984. The van der Waals surface area contributed by atoms with E-state index in [1.807, 2.05) is 0 Å². The maximum atomic E-state index is 13.6. The molecule has 2 aromatic rings. The molecule has 0 aliphatic rings. The molecule has 0 aliphatic heterocycles. The molecule has 0 radical (unpaired) electrons. The number of esters is 1. The monoisotopic (exact) mass is 449 g/mol. The Morgan fingerprint density at radius 3 is 2.28 bits per heavy atom. The molecule has 1 atom stereocenters. The zero-order valence-electron chi connectivity index (χ0n) is 19.2. The molecule has 9 nitrogen and oxygen atoms in total. The zero-order chi connectivity index (χ0) is 24.3. The van der Waals surface area contributed by atoms with Crippen molar-refractivity contribution in [2.75, 3.05) is 12.0 Å². The molecule has 0 saturated carbocycles. The molecule has 1 N–H and O–H groups in total. The van der Waals surface area contributed by atoms with Crippen LogP contribution < -0.4 is 4.90 Å². The third-order valence-electron chi connectivity index (χ3n) is 3.78. The summed E-state index contributed by atoms with van der Waals surface area (Å²) in [4.78, 5) is 34.3. The van der Waals surface area contributed by atoms with Gasteiger partial charge in [0.2, 0.25) is 6.41 Å². The Balaban J connectivity index is 2.64. The number of amides is 1. The second kappa shape index (κ2) is 9.58. The highest BCUT2D eigenvalue weighted by Gasteiger charge is 2.35. The van der Waals surface area contributed by atoms with Gasteiger partial charge in [-0.3, -0.25) is 4.98 Å². The number of hydrogen-bond acceptors (Lipinski definition) is 8. The SMILES string of the molecule is COC(=O)c1nc(-c2cncc(F)c2)ccc1N(C(=O)OC(C)(C)C)C(O)OC(C)(C)C. The van der Waals surface area contributed by atoms with E-state index in [-0.39, 0.29) is 17.1 Å². The maximum absolute atomic E-state index is 13.6. The summed E-state index contributed by atoms with van der Waals surface area (Å²) in [5, 5.41) is 10.7. The van der Waals surface area contributed by atoms with Crippen molar-refractivity contribution in [1.82, 2.24) is 9.97 Å². The lowest BCUT2D eigenvalue weighted by molar-refractivity contribution is -0.163. The summed E-state index contributed by atoms with van der Waals surface area (Å²) < 4.78 is 29.3. The van der Waals surface area contributed by atoms with E-state index in [1.54, 1.807) is 41.5 Å². The Morgan fingerprint density at radius 2 is 1.75 bits per heavy atom. The molecule has 1 unspecified atom stereocenters. The van der Waals surface area contributed by atoms with Crippen molar-refractivity contribution in [1.29, 1.82) is 0 Å². The van der Waals surface area contributed by atoms with Crippen LogP contribution in [0.4, 0.5) is 14.9 Å². The van der Waals surface area contributed by atoms with Gasteiger partial charge in [-0.25, -0.2) is 23.9 Å². The van der Waals surface area contributed by atoms with Gasteiger partial charge in [0.1, 0.15) is 11.4 Å². The van der Waals surface area contributed by atoms with Crippen LogP contribution in [0.3, 0.4) is 0 Å². The van der Waals surface area contributed by atoms with E-state index in [4.69, 9.17) is 14.2 Å². The van der Waals surface area contributed by atoms with Crippen LogP contribution in [0.5, 0.6) is 0 Å². The Morgan fingerprint density at radius 1 is 1.09 bits per heavy atom. The first-order chi connectivity index (χ1) is 14.7. The number of pyridine rings is 2. The van der Waals surface area contributed by atoms with Crippen molar-refractivity contribution < 1.29 is 33.3 Å². The Hall–Kier alpha value is -3.11. The first kappa shape index (κ1) is 25.2. The number of halogens is 1. The Kier molecular flexibility index (Phi) is 7.53. The molecule has 0 saturated heterocycles. The quantitative estimate of drug-likeness (QED) is 0.540. The van der Waals surface area contributed by atoms with Crippen LogP contribution in [0.1, 0.15) is 52.0 Å². The number of anilines is 1. The van der Waals surface area contributed by atoms with Crippen LogP contribution >= 0.6 is 0 Å². The number of hydrogen-bond donors (Lipinski definition) is 1. The maximum Gasteiger partial charge on any atom is 0.418 e. The van der Waals surface area contributed by atoms with Gasteiger partial charge in [0, 0.05) is 11.8 Å². The van der Waals surface area contributed by atoms with Crippen molar-refractivity contribution in [3.05, 3.63) is 42.1 Å². The van der Waals surface area contributed by atoms with Crippen molar-refractivity contribution in [3.63, 3.8) is 0 Å².